The van der Waals surface area contributed by atoms with E-state index in [0.29, 0.717) is 0 Å². The molecule has 0 fully saturated rings. The highest BCUT2D eigenvalue weighted by atomic mass is 14.5. The minimum atomic E-state index is -0.262. The lowest BCUT2D eigenvalue weighted by Crippen LogP contribution is -2.27. The van der Waals surface area contributed by atoms with E-state index in [1.165, 1.54) is 45.4 Å². The Kier molecular flexibility index (Phi) is 7.62. The van der Waals surface area contributed by atoms with Gasteiger partial charge in [0.15, 0.2) is 0 Å². The third-order valence-corrected chi connectivity index (χ3v) is 5.69. The molecular formula is C29H36. The van der Waals surface area contributed by atoms with E-state index in [1.54, 1.807) is 0 Å². The van der Waals surface area contributed by atoms with Gasteiger partial charge < -0.3 is 0 Å². The Morgan fingerprint density at radius 1 is 1.00 bits per heavy atom. The number of hydrogen-bond donors (Lipinski definition) is 0. The molecule has 1 atom stereocenters. The largest absolute Gasteiger partial charge is 0.0991 e. The molecule has 2 aliphatic carbocycles. The number of hydrogen-bond acceptors (Lipinski definition) is 0. The first-order valence-corrected chi connectivity index (χ1v) is 10.8. The molecule has 0 radical (unpaired) electrons. The van der Waals surface area contributed by atoms with Crippen LogP contribution in [0.15, 0.2) is 102 Å². The summed E-state index contributed by atoms with van der Waals surface area (Å²) in [5, 5.41) is 0. The normalized spacial score (nSPS) is 24.8. The van der Waals surface area contributed by atoms with Crippen LogP contribution in [0.1, 0.15) is 65.5 Å². The zero-order valence-corrected chi connectivity index (χ0v) is 19.1. The van der Waals surface area contributed by atoms with Gasteiger partial charge in [-0.15, -0.1) is 0 Å². The first kappa shape index (κ1) is 22.7. The van der Waals surface area contributed by atoms with Gasteiger partial charge in [0.1, 0.15) is 0 Å². The van der Waals surface area contributed by atoms with Gasteiger partial charge in [-0.25, -0.2) is 0 Å². The maximum atomic E-state index is 4.44. The van der Waals surface area contributed by atoms with Gasteiger partial charge in [0.2, 0.25) is 0 Å². The van der Waals surface area contributed by atoms with Crippen molar-refractivity contribution in [3.05, 3.63) is 113 Å². The minimum absolute atomic E-state index is 0.262. The standard InChI is InChI=1S/C26H28.C3H8/c1-7-11-16-24-19(6)18(5)22(9-3)26(24)23(10-4)20(14-8-2)21-15-12-13-17-25(21)26;1-3-2/h7,9-17H,1,5,8H2,2-4,6H3;3H2,1-2H3/b16-11-,20-14-,22-9+,23-10+;. The van der Waals surface area contributed by atoms with Crippen LogP contribution in [-0.4, -0.2) is 0 Å². The van der Waals surface area contributed by atoms with Gasteiger partial charge in [-0.1, -0.05) is 101 Å². The van der Waals surface area contributed by atoms with Crippen molar-refractivity contribution in [2.75, 3.05) is 0 Å². The Morgan fingerprint density at radius 2 is 1.62 bits per heavy atom. The predicted octanol–water partition coefficient (Wildman–Crippen LogP) is 8.67. The van der Waals surface area contributed by atoms with Gasteiger partial charge in [-0.2, -0.15) is 0 Å². The van der Waals surface area contributed by atoms with E-state index in [-0.39, 0.29) is 5.41 Å². The van der Waals surface area contributed by atoms with Crippen molar-refractivity contribution in [2.24, 2.45) is 0 Å². The van der Waals surface area contributed by atoms with Crippen LogP contribution in [0.4, 0.5) is 0 Å². The maximum absolute atomic E-state index is 4.44. The van der Waals surface area contributed by atoms with E-state index in [0.717, 1.165) is 12.0 Å². The first-order valence-electron chi connectivity index (χ1n) is 10.8. The SMILES string of the molecule is C=C/C=C\C1=C(C)C(=C)/C(=C\C)C12C(=C/C)/C(=C\CC)c1ccccc12.CCC. The Morgan fingerprint density at radius 3 is 2.17 bits per heavy atom. The molecule has 0 aromatic heterocycles. The van der Waals surface area contributed by atoms with E-state index >= 15 is 0 Å². The fourth-order valence-corrected chi connectivity index (χ4v) is 4.74. The highest BCUT2D eigenvalue weighted by Gasteiger charge is 2.53. The van der Waals surface area contributed by atoms with Gasteiger partial charge >= 0.3 is 0 Å². The van der Waals surface area contributed by atoms with Gasteiger partial charge in [0.05, 0.1) is 5.41 Å². The molecule has 0 saturated carbocycles. The lowest BCUT2D eigenvalue weighted by Gasteiger charge is -2.32. The van der Waals surface area contributed by atoms with E-state index in [9.17, 15) is 0 Å². The van der Waals surface area contributed by atoms with Crippen LogP contribution in [-0.2, 0) is 5.41 Å². The lowest BCUT2D eigenvalue weighted by atomic mass is 9.69. The maximum Gasteiger partial charge on any atom is 0.0715 e. The number of fused-ring (bicyclic) bond motifs is 2. The van der Waals surface area contributed by atoms with Crippen molar-refractivity contribution in [1.29, 1.82) is 0 Å². The van der Waals surface area contributed by atoms with Crippen molar-refractivity contribution in [3.63, 3.8) is 0 Å². The zero-order valence-electron chi connectivity index (χ0n) is 19.1. The smallest absolute Gasteiger partial charge is 0.0715 e. The predicted molar refractivity (Wildman–Crippen MR) is 131 cm³/mol. The monoisotopic (exact) mass is 384 g/mol. The summed E-state index contributed by atoms with van der Waals surface area (Å²) in [6.45, 7) is 21.3. The van der Waals surface area contributed by atoms with Gasteiger partial charge in [-0.3, -0.25) is 0 Å². The molecule has 152 valence electrons. The molecule has 3 rings (SSSR count). The molecule has 29 heavy (non-hydrogen) atoms. The Labute approximate surface area is 178 Å². The van der Waals surface area contributed by atoms with Crippen LogP contribution < -0.4 is 0 Å². The Hall–Kier alpha value is -2.60. The van der Waals surface area contributed by atoms with Crippen LogP contribution >= 0.6 is 0 Å². The van der Waals surface area contributed by atoms with E-state index in [4.69, 9.17) is 0 Å². The second-order valence-electron chi connectivity index (χ2n) is 7.55. The molecule has 0 nitrogen and oxygen atoms in total. The first-order chi connectivity index (χ1) is 14.0. The topological polar surface area (TPSA) is 0 Å². The van der Waals surface area contributed by atoms with Crippen molar-refractivity contribution in [1.82, 2.24) is 0 Å². The number of benzene rings is 1. The van der Waals surface area contributed by atoms with Crippen molar-refractivity contribution in [2.45, 2.75) is 59.8 Å². The van der Waals surface area contributed by atoms with Crippen LogP contribution in [0.25, 0.3) is 5.57 Å². The molecule has 1 aromatic carbocycles. The summed E-state index contributed by atoms with van der Waals surface area (Å²) in [5.74, 6) is 0. The Bertz CT molecular complexity index is 940. The van der Waals surface area contributed by atoms with Crippen LogP contribution in [0.5, 0.6) is 0 Å². The third-order valence-electron chi connectivity index (χ3n) is 5.69. The second-order valence-corrected chi connectivity index (χ2v) is 7.55. The van der Waals surface area contributed by atoms with E-state index in [2.05, 4.69) is 103 Å². The van der Waals surface area contributed by atoms with E-state index < -0.39 is 0 Å². The van der Waals surface area contributed by atoms with Crippen molar-refractivity contribution in [3.8, 4) is 0 Å². The summed E-state index contributed by atoms with van der Waals surface area (Å²) in [6, 6.07) is 8.84. The minimum Gasteiger partial charge on any atom is -0.0991 e. The van der Waals surface area contributed by atoms with Crippen LogP contribution in [0.3, 0.4) is 0 Å². The fraction of sp³-hybridized carbons (Fsp3) is 0.310. The average molecular weight is 385 g/mol. The highest BCUT2D eigenvalue weighted by molar-refractivity contribution is 5.97. The molecule has 1 unspecified atom stereocenters. The third kappa shape index (κ3) is 3.46. The fourth-order valence-electron chi connectivity index (χ4n) is 4.74. The molecule has 0 bridgehead atoms. The average Bonchev–Trinajstić information content (AvgIpc) is 3.11. The molecule has 0 amide bonds. The summed E-state index contributed by atoms with van der Waals surface area (Å²) in [5.41, 5.74) is 10.2. The molecule has 1 aromatic rings. The highest BCUT2D eigenvalue weighted by Crippen LogP contribution is 2.63. The molecule has 2 aliphatic rings. The van der Waals surface area contributed by atoms with Gasteiger partial charge in [0.25, 0.3) is 0 Å². The van der Waals surface area contributed by atoms with Crippen molar-refractivity contribution >= 4 is 5.57 Å². The molecule has 1 spiro atoms. The van der Waals surface area contributed by atoms with E-state index in [1.807, 2.05) is 12.2 Å². The van der Waals surface area contributed by atoms with Gasteiger partial charge in [0, 0.05) is 0 Å². The summed E-state index contributed by atoms with van der Waals surface area (Å²) < 4.78 is 0. The van der Waals surface area contributed by atoms with Crippen molar-refractivity contribution < 1.29 is 0 Å². The molecule has 0 heterocycles. The number of rotatable bonds is 3. The molecule has 0 aliphatic heterocycles. The summed E-state index contributed by atoms with van der Waals surface area (Å²) in [7, 11) is 0. The van der Waals surface area contributed by atoms with Crippen LogP contribution in [0, 0.1) is 0 Å². The Balaban J connectivity index is 0.000000941. The molecule has 0 N–H and O–H groups in total. The second kappa shape index (κ2) is 9.74. The molecule has 0 saturated heterocycles. The summed E-state index contributed by atoms with van der Waals surface area (Å²) in [6.07, 6.45) is 15.3. The quantitative estimate of drug-likeness (QED) is 0.457. The lowest BCUT2D eigenvalue weighted by molar-refractivity contribution is 0.779. The zero-order chi connectivity index (χ0) is 21.6. The summed E-state index contributed by atoms with van der Waals surface area (Å²) in [4.78, 5) is 0. The van der Waals surface area contributed by atoms with Gasteiger partial charge in [-0.05, 0) is 71.8 Å². The van der Waals surface area contributed by atoms with Crippen LogP contribution in [0.2, 0.25) is 0 Å². The summed E-state index contributed by atoms with van der Waals surface area (Å²) >= 11 is 0. The molecule has 0 heteroatoms. The molecular weight excluding hydrogens is 348 g/mol. The number of allylic oxidation sites excluding steroid dienone is 12.